The second-order valence-corrected chi connectivity index (χ2v) is 5.35. The van der Waals surface area contributed by atoms with Crippen molar-refractivity contribution in [1.29, 1.82) is 0 Å². The Morgan fingerprint density at radius 1 is 0.870 bits per heavy atom. The van der Waals surface area contributed by atoms with Crippen molar-refractivity contribution in [2.45, 2.75) is 13.5 Å². The average molecular weight is 310 g/mol. The van der Waals surface area contributed by atoms with Gasteiger partial charge in [0.15, 0.2) is 0 Å². The van der Waals surface area contributed by atoms with E-state index in [0.717, 1.165) is 11.1 Å². The highest BCUT2D eigenvalue weighted by Crippen LogP contribution is 2.20. The van der Waals surface area contributed by atoms with Crippen LogP contribution in [0.1, 0.15) is 11.1 Å². The van der Waals surface area contributed by atoms with E-state index < -0.39 is 11.6 Å². The van der Waals surface area contributed by atoms with E-state index in [-0.39, 0.29) is 12.1 Å². The van der Waals surface area contributed by atoms with Crippen LogP contribution in [0.4, 0.5) is 14.6 Å². The van der Waals surface area contributed by atoms with Crippen LogP contribution in [-0.4, -0.2) is 4.98 Å². The summed E-state index contributed by atoms with van der Waals surface area (Å²) in [6, 6.07) is 15.7. The molecule has 0 aliphatic heterocycles. The van der Waals surface area contributed by atoms with Crippen molar-refractivity contribution in [3.8, 4) is 11.1 Å². The summed E-state index contributed by atoms with van der Waals surface area (Å²) >= 11 is 0. The molecule has 2 aromatic carbocycles. The van der Waals surface area contributed by atoms with Gasteiger partial charge in [-0.25, -0.2) is 13.8 Å². The monoisotopic (exact) mass is 310 g/mol. The van der Waals surface area contributed by atoms with Gasteiger partial charge in [-0.3, -0.25) is 0 Å². The van der Waals surface area contributed by atoms with Crippen LogP contribution in [0.15, 0.2) is 60.8 Å². The van der Waals surface area contributed by atoms with Crippen molar-refractivity contribution in [3.63, 3.8) is 0 Å². The van der Waals surface area contributed by atoms with Crippen LogP contribution in [0.5, 0.6) is 0 Å². The van der Waals surface area contributed by atoms with Crippen LogP contribution in [-0.2, 0) is 6.54 Å². The number of aryl methyl sites for hydroxylation is 1. The Kier molecular flexibility index (Phi) is 4.33. The molecule has 0 fully saturated rings. The lowest BCUT2D eigenvalue weighted by Crippen LogP contribution is -2.05. The fourth-order valence-corrected chi connectivity index (χ4v) is 2.30. The first-order valence-electron chi connectivity index (χ1n) is 7.33. The fraction of sp³-hybridized carbons (Fsp3) is 0.105. The number of hydrogen-bond donors (Lipinski definition) is 1. The Morgan fingerprint density at radius 2 is 1.52 bits per heavy atom. The summed E-state index contributed by atoms with van der Waals surface area (Å²) in [5, 5.41) is 2.94. The third kappa shape index (κ3) is 3.54. The Morgan fingerprint density at radius 3 is 2.13 bits per heavy atom. The Balaban J connectivity index is 1.72. The van der Waals surface area contributed by atoms with Crippen LogP contribution >= 0.6 is 0 Å². The maximum Gasteiger partial charge on any atom is 0.131 e. The second kappa shape index (κ2) is 6.57. The van der Waals surface area contributed by atoms with Gasteiger partial charge in [-0.1, -0.05) is 35.9 Å². The molecule has 116 valence electrons. The van der Waals surface area contributed by atoms with Gasteiger partial charge in [-0.2, -0.15) is 0 Å². The summed E-state index contributed by atoms with van der Waals surface area (Å²) in [5.74, 6) is -0.550. The van der Waals surface area contributed by atoms with E-state index >= 15 is 0 Å². The number of rotatable bonds is 4. The lowest BCUT2D eigenvalue weighted by molar-refractivity contribution is 0.560. The SMILES string of the molecule is Cc1ccc(-c2ccc(NCc3c(F)cccc3F)nc2)cc1. The molecule has 23 heavy (non-hydrogen) atoms. The molecule has 3 rings (SSSR count). The first-order valence-corrected chi connectivity index (χ1v) is 7.33. The zero-order valence-electron chi connectivity index (χ0n) is 12.7. The van der Waals surface area contributed by atoms with Crippen LogP contribution in [0.25, 0.3) is 11.1 Å². The van der Waals surface area contributed by atoms with Gasteiger partial charge in [0.2, 0.25) is 0 Å². The number of hydrogen-bond acceptors (Lipinski definition) is 2. The summed E-state index contributed by atoms with van der Waals surface area (Å²) in [6.45, 7) is 2.09. The minimum atomic E-state index is -0.561. The zero-order valence-corrected chi connectivity index (χ0v) is 12.7. The number of aromatic nitrogens is 1. The molecule has 4 heteroatoms. The summed E-state index contributed by atoms with van der Waals surface area (Å²) in [7, 11) is 0. The van der Waals surface area contributed by atoms with E-state index in [1.165, 1.54) is 23.8 Å². The molecule has 0 amide bonds. The van der Waals surface area contributed by atoms with E-state index in [0.29, 0.717) is 5.82 Å². The van der Waals surface area contributed by atoms with E-state index in [9.17, 15) is 8.78 Å². The molecule has 1 heterocycles. The van der Waals surface area contributed by atoms with Crippen molar-refractivity contribution in [2.24, 2.45) is 0 Å². The molecule has 0 aliphatic carbocycles. The highest BCUT2D eigenvalue weighted by Gasteiger charge is 2.08. The van der Waals surface area contributed by atoms with Gasteiger partial charge >= 0.3 is 0 Å². The van der Waals surface area contributed by atoms with Crippen molar-refractivity contribution < 1.29 is 8.78 Å². The minimum Gasteiger partial charge on any atom is -0.366 e. The molecule has 1 N–H and O–H groups in total. The molecule has 0 saturated carbocycles. The Bertz CT molecular complexity index is 776. The zero-order chi connectivity index (χ0) is 16.2. The van der Waals surface area contributed by atoms with E-state index in [2.05, 4.69) is 10.3 Å². The molecule has 0 spiro atoms. The lowest BCUT2D eigenvalue weighted by Gasteiger charge is -2.08. The van der Waals surface area contributed by atoms with Crippen LogP contribution in [0.2, 0.25) is 0 Å². The van der Waals surface area contributed by atoms with Gasteiger partial charge in [-0.15, -0.1) is 0 Å². The number of anilines is 1. The third-order valence-corrected chi connectivity index (χ3v) is 3.66. The van der Waals surface area contributed by atoms with Crippen molar-refractivity contribution in [1.82, 2.24) is 4.98 Å². The number of halogens is 2. The largest absolute Gasteiger partial charge is 0.366 e. The van der Waals surface area contributed by atoms with E-state index in [4.69, 9.17) is 0 Å². The molecule has 3 aromatic rings. The third-order valence-electron chi connectivity index (χ3n) is 3.66. The van der Waals surface area contributed by atoms with Crippen LogP contribution in [0.3, 0.4) is 0 Å². The molecule has 0 saturated heterocycles. The molecule has 0 radical (unpaired) electrons. The van der Waals surface area contributed by atoms with Gasteiger partial charge in [0.1, 0.15) is 17.5 Å². The van der Waals surface area contributed by atoms with Crippen molar-refractivity contribution in [2.75, 3.05) is 5.32 Å². The summed E-state index contributed by atoms with van der Waals surface area (Å²) < 4.78 is 27.1. The number of benzene rings is 2. The van der Waals surface area contributed by atoms with Crippen molar-refractivity contribution >= 4 is 5.82 Å². The average Bonchev–Trinajstić information content (AvgIpc) is 2.56. The summed E-state index contributed by atoms with van der Waals surface area (Å²) in [5.41, 5.74) is 3.28. The van der Waals surface area contributed by atoms with Crippen LogP contribution in [0, 0.1) is 18.6 Å². The molecule has 2 nitrogen and oxygen atoms in total. The Labute approximate surface area is 133 Å². The predicted molar refractivity (Wildman–Crippen MR) is 88.1 cm³/mol. The molecule has 0 unspecified atom stereocenters. The number of pyridine rings is 1. The van der Waals surface area contributed by atoms with Gasteiger partial charge in [-0.05, 0) is 36.8 Å². The molecule has 0 aliphatic rings. The highest BCUT2D eigenvalue weighted by atomic mass is 19.1. The normalized spacial score (nSPS) is 10.6. The molecular formula is C19H16F2N2. The maximum absolute atomic E-state index is 13.6. The van der Waals surface area contributed by atoms with Gasteiger partial charge in [0.25, 0.3) is 0 Å². The number of nitrogens with zero attached hydrogens (tertiary/aromatic N) is 1. The quantitative estimate of drug-likeness (QED) is 0.737. The molecule has 0 atom stereocenters. The van der Waals surface area contributed by atoms with Gasteiger partial charge < -0.3 is 5.32 Å². The van der Waals surface area contributed by atoms with Crippen molar-refractivity contribution in [3.05, 3.63) is 83.6 Å². The summed E-state index contributed by atoms with van der Waals surface area (Å²) in [6.07, 6.45) is 1.74. The molecular weight excluding hydrogens is 294 g/mol. The van der Waals surface area contributed by atoms with Crippen LogP contribution < -0.4 is 5.32 Å². The summed E-state index contributed by atoms with van der Waals surface area (Å²) in [4.78, 5) is 4.30. The molecule has 1 aromatic heterocycles. The molecule has 0 bridgehead atoms. The number of nitrogens with one attached hydrogen (secondary N) is 1. The first kappa shape index (κ1) is 15.2. The smallest absolute Gasteiger partial charge is 0.131 e. The van der Waals surface area contributed by atoms with Gasteiger partial charge in [0, 0.05) is 23.9 Å². The maximum atomic E-state index is 13.6. The second-order valence-electron chi connectivity index (χ2n) is 5.35. The topological polar surface area (TPSA) is 24.9 Å². The van der Waals surface area contributed by atoms with E-state index in [1.807, 2.05) is 37.3 Å². The highest BCUT2D eigenvalue weighted by molar-refractivity contribution is 5.64. The Hall–Kier alpha value is -2.75. The van der Waals surface area contributed by atoms with E-state index in [1.54, 1.807) is 12.3 Å². The van der Waals surface area contributed by atoms with Gasteiger partial charge in [0.05, 0.1) is 0 Å². The standard InChI is InChI=1S/C19H16F2N2/c1-13-5-7-14(8-6-13)15-9-10-19(22-11-15)23-12-16-17(20)3-2-4-18(16)21/h2-11H,12H2,1H3,(H,22,23). The first-order chi connectivity index (χ1) is 11.1. The lowest BCUT2D eigenvalue weighted by atomic mass is 10.1. The predicted octanol–water partition coefficient (Wildman–Crippen LogP) is 4.95. The fourth-order valence-electron chi connectivity index (χ4n) is 2.30. The minimum absolute atomic E-state index is 0.0110.